The standard InChI is InChI=1S/C17H27BrN6S.HI/c1-5-16-22-21-12-24(16)9-8-19-17(20-10-13(2)3)23(4)11-14-6-7-15(18)25-14;/h6-7,12-13H,5,8-11H2,1-4H3,(H,19,20);1H. The SMILES string of the molecule is CCc1nncn1CCNC(=NCC(C)C)N(C)Cc1ccc(Br)s1.I. The van der Waals surface area contributed by atoms with E-state index >= 15 is 0 Å². The maximum atomic E-state index is 4.77. The van der Waals surface area contributed by atoms with Gasteiger partial charge in [0.2, 0.25) is 0 Å². The van der Waals surface area contributed by atoms with Gasteiger partial charge in [-0.1, -0.05) is 20.8 Å². The van der Waals surface area contributed by atoms with Gasteiger partial charge in [-0.25, -0.2) is 0 Å². The highest BCUT2D eigenvalue weighted by molar-refractivity contribution is 14.0. The third kappa shape index (κ3) is 7.51. The molecule has 0 radical (unpaired) electrons. The Morgan fingerprint density at radius 1 is 1.42 bits per heavy atom. The van der Waals surface area contributed by atoms with Crippen LogP contribution in [-0.4, -0.2) is 45.8 Å². The summed E-state index contributed by atoms with van der Waals surface area (Å²) in [7, 11) is 2.08. The molecule has 0 amide bonds. The van der Waals surface area contributed by atoms with Crippen molar-refractivity contribution in [2.45, 2.75) is 40.3 Å². The van der Waals surface area contributed by atoms with E-state index in [1.54, 1.807) is 17.7 Å². The highest BCUT2D eigenvalue weighted by Crippen LogP contribution is 2.23. The number of aromatic nitrogens is 3. The lowest BCUT2D eigenvalue weighted by Gasteiger charge is -2.22. The number of aliphatic imine (C=N–C) groups is 1. The van der Waals surface area contributed by atoms with Crippen LogP contribution in [0.4, 0.5) is 0 Å². The quantitative estimate of drug-likeness (QED) is 0.304. The van der Waals surface area contributed by atoms with Gasteiger partial charge in [-0.3, -0.25) is 4.99 Å². The maximum Gasteiger partial charge on any atom is 0.194 e. The monoisotopic (exact) mass is 554 g/mol. The molecule has 0 saturated heterocycles. The molecular formula is C17H28BrIN6S. The first-order valence-corrected chi connectivity index (χ1v) is 10.2. The van der Waals surface area contributed by atoms with Crippen molar-refractivity contribution in [3.63, 3.8) is 0 Å². The van der Waals surface area contributed by atoms with E-state index in [0.29, 0.717) is 5.92 Å². The molecule has 9 heteroatoms. The Labute approximate surface area is 185 Å². The fourth-order valence-electron chi connectivity index (χ4n) is 2.35. The van der Waals surface area contributed by atoms with Crippen molar-refractivity contribution < 1.29 is 0 Å². The topological polar surface area (TPSA) is 58.3 Å². The zero-order valence-electron chi connectivity index (χ0n) is 15.8. The van der Waals surface area contributed by atoms with Crippen LogP contribution < -0.4 is 5.32 Å². The first-order chi connectivity index (χ1) is 12.0. The van der Waals surface area contributed by atoms with E-state index in [2.05, 4.69) is 80.9 Å². The minimum absolute atomic E-state index is 0. The van der Waals surface area contributed by atoms with Crippen LogP contribution in [0.3, 0.4) is 0 Å². The van der Waals surface area contributed by atoms with Crippen molar-refractivity contribution in [1.29, 1.82) is 0 Å². The van der Waals surface area contributed by atoms with Crippen molar-refractivity contribution in [3.8, 4) is 0 Å². The number of guanidine groups is 1. The number of hydrogen-bond donors (Lipinski definition) is 1. The summed E-state index contributed by atoms with van der Waals surface area (Å²) in [6.07, 6.45) is 2.68. The average molecular weight is 555 g/mol. The molecule has 2 aromatic rings. The lowest BCUT2D eigenvalue weighted by Crippen LogP contribution is -2.40. The molecule has 2 rings (SSSR count). The summed E-state index contributed by atoms with van der Waals surface area (Å²) >= 11 is 5.28. The second-order valence-corrected chi connectivity index (χ2v) is 8.89. The van der Waals surface area contributed by atoms with Crippen LogP contribution in [0.25, 0.3) is 0 Å². The van der Waals surface area contributed by atoms with Crippen LogP contribution in [-0.2, 0) is 19.5 Å². The lowest BCUT2D eigenvalue weighted by molar-refractivity contribution is 0.471. The first kappa shape index (κ1) is 23.4. The van der Waals surface area contributed by atoms with E-state index in [4.69, 9.17) is 4.99 Å². The van der Waals surface area contributed by atoms with Gasteiger partial charge in [-0.05, 0) is 34.0 Å². The summed E-state index contributed by atoms with van der Waals surface area (Å²) in [6, 6.07) is 4.24. The second-order valence-electron chi connectivity index (χ2n) is 6.34. The van der Waals surface area contributed by atoms with Gasteiger partial charge in [-0.2, -0.15) is 0 Å². The predicted octanol–water partition coefficient (Wildman–Crippen LogP) is 4.02. The third-order valence-electron chi connectivity index (χ3n) is 3.64. The summed E-state index contributed by atoms with van der Waals surface area (Å²) in [4.78, 5) is 8.25. The molecule has 146 valence electrons. The summed E-state index contributed by atoms with van der Waals surface area (Å²) < 4.78 is 3.24. The minimum atomic E-state index is 0. The summed E-state index contributed by atoms with van der Waals surface area (Å²) in [5.41, 5.74) is 0. The van der Waals surface area contributed by atoms with Gasteiger partial charge in [0.25, 0.3) is 0 Å². The van der Waals surface area contributed by atoms with E-state index in [-0.39, 0.29) is 24.0 Å². The van der Waals surface area contributed by atoms with Gasteiger partial charge >= 0.3 is 0 Å². The molecule has 0 aliphatic carbocycles. The molecule has 0 atom stereocenters. The average Bonchev–Trinajstić information content (AvgIpc) is 3.18. The van der Waals surface area contributed by atoms with E-state index < -0.39 is 0 Å². The van der Waals surface area contributed by atoms with Crippen LogP contribution in [0.5, 0.6) is 0 Å². The molecule has 2 aromatic heterocycles. The molecule has 0 aromatic carbocycles. The van der Waals surface area contributed by atoms with Crippen molar-refractivity contribution in [2.75, 3.05) is 20.1 Å². The number of nitrogens with zero attached hydrogens (tertiary/aromatic N) is 5. The molecule has 0 fully saturated rings. The number of halogens is 2. The number of aryl methyl sites for hydroxylation is 1. The third-order valence-corrected chi connectivity index (χ3v) is 5.25. The maximum absolute atomic E-state index is 4.77. The van der Waals surface area contributed by atoms with Crippen molar-refractivity contribution in [2.24, 2.45) is 10.9 Å². The van der Waals surface area contributed by atoms with Gasteiger partial charge in [0.05, 0.1) is 10.3 Å². The van der Waals surface area contributed by atoms with Crippen molar-refractivity contribution in [3.05, 3.63) is 32.9 Å². The number of thiophene rings is 1. The van der Waals surface area contributed by atoms with Gasteiger partial charge in [0, 0.05) is 38.0 Å². The largest absolute Gasteiger partial charge is 0.354 e. The van der Waals surface area contributed by atoms with E-state index in [9.17, 15) is 0 Å². The molecular weight excluding hydrogens is 527 g/mol. The zero-order valence-corrected chi connectivity index (χ0v) is 20.5. The lowest BCUT2D eigenvalue weighted by atomic mass is 10.2. The van der Waals surface area contributed by atoms with Gasteiger partial charge < -0.3 is 14.8 Å². The summed E-state index contributed by atoms with van der Waals surface area (Å²) in [5, 5.41) is 11.6. The molecule has 6 nitrogen and oxygen atoms in total. The highest BCUT2D eigenvalue weighted by atomic mass is 127. The number of nitrogens with one attached hydrogen (secondary N) is 1. The minimum Gasteiger partial charge on any atom is -0.354 e. The Balaban J connectivity index is 0.00000338. The molecule has 0 saturated carbocycles. The molecule has 2 heterocycles. The Kier molecular flexibility index (Phi) is 10.7. The highest BCUT2D eigenvalue weighted by Gasteiger charge is 2.10. The van der Waals surface area contributed by atoms with E-state index in [1.165, 1.54) is 4.88 Å². The fraction of sp³-hybridized carbons (Fsp3) is 0.588. The van der Waals surface area contributed by atoms with Crippen molar-refractivity contribution in [1.82, 2.24) is 25.0 Å². The Morgan fingerprint density at radius 2 is 2.19 bits per heavy atom. The van der Waals surface area contributed by atoms with Crippen LogP contribution >= 0.6 is 51.2 Å². The van der Waals surface area contributed by atoms with Gasteiger partial charge in [0.15, 0.2) is 5.96 Å². The van der Waals surface area contributed by atoms with Crippen LogP contribution in [0.15, 0.2) is 27.2 Å². The predicted molar refractivity (Wildman–Crippen MR) is 123 cm³/mol. The van der Waals surface area contributed by atoms with Gasteiger partial charge in [-0.15, -0.1) is 45.5 Å². The van der Waals surface area contributed by atoms with Crippen LogP contribution in [0, 0.1) is 5.92 Å². The first-order valence-electron chi connectivity index (χ1n) is 8.60. The van der Waals surface area contributed by atoms with Crippen LogP contribution in [0.1, 0.15) is 31.5 Å². The fourth-order valence-corrected chi connectivity index (χ4v) is 3.89. The number of rotatable bonds is 8. The molecule has 1 N–H and O–H groups in total. The summed E-state index contributed by atoms with van der Waals surface area (Å²) in [6.45, 7) is 9.73. The van der Waals surface area contributed by atoms with Crippen LogP contribution in [0.2, 0.25) is 0 Å². The second kappa shape index (κ2) is 11.9. The smallest absolute Gasteiger partial charge is 0.194 e. The van der Waals surface area contributed by atoms with Crippen molar-refractivity contribution >= 4 is 57.2 Å². The Hall–Kier alpha value is -0.680. The molecule has 0 bridgehead atoms. The zero-order chi connectivity index (χ0) is 18.2. The molecule has 0 aliphatic rings. The summed E-state index contributed by atoms with van der Waals surface area (Å²) in [5.74, 6) is 2.48. The molecule has 26 heavy (non-hydrogen) atoms. The Morgan fingerprint density at radius 3 is 2.81 bits per heavy atom. The molecule has 0 aliphatic heterocycles. The Bertz CT molecular complexity index is 684. The molecule has 0 spiro atoms. The number of hydrogen-bond acceptors (Lipinski definition) is 4. The van der Waals surface area contributed by atoms with E-state index in [0.717, 1.165) is 48.2 Å². The molecule has 0 unspecified atom stereocenters. The van der Waals surface area contributed by atoms with E-state index in [1.807, 2.05) is 0 Å². The van der Waals surface area contributed by atoms with Gasteiger partial charge in [0.1, 0.15) is 12.2 Å². The normalized spacial score (nSPS) is 11.5.